The van der Waals surface area contributed by atoms with Crippen LogP contribution in [0.2, 0.25) is 0 Å². The zero-order valence-corrected chi connectivity index (χ0v) is 18.2. The molecule has 1 aliphatic heterocycles. The molecular weight excluding hydrogens is 502 g/mol. The number of benzene rings is 1. The Morgan fingerprint density at radius 3 is 2.96 bits per heavy atom. The number of nitrogens with zero attached hydrogens (tertiary/aromatic N) is 2. The lowest BCUT2D eigenvalue weighted by Gasteiger charge is -2.34. The summed E-state index contributed by atoms with van der Waals surface area (Å²) in [4.78, 5) is 17.6. The summed E-state index contributed by atoms with van der Waals surface area (Å²) in [6.45, 7) is 2.27. The van der Waals surface area contributed by atoms with Gasteiger partial charge in [0.2, 0.25) is 5.91 Å². The monoisotopic (exact) mass is 526 g/mol. The van der Waals surface area contributed by atoms with Crippen molar-refractivity contribution in [2.24, 2.45) is 16.6 Å². The third kappa shape index (κ3) is 7.08. The van der Waals surface area contributed by atoms with Crippen LogP contribution in [0.25, 0.3) is 0 Å². The molecule has 25 heavy (non-hydrogen) atoms. The Balaban J connectivity index is 0.00000312. The van der Waals surface area contributed by atoms with Crippen molar-refractivity contribution in [3.63, 3.8) is 0 Å². The van der Waals surface area contributed by atoms with Crippen molar-refractivity contribution in [2.45, 2.75) is 25.7 Å². The Kier molecular flexibility index (Phi) is 9.70. The molecule has 1 aliphatic rings. The van der Waals surface area contributed by atoms with Crippen LogP contribution in [0.1, 0.15) is 24.8 Å². The first kappa shape index (κ1) is 22.1. The first-order valence-electron chi connectivity index (χ1n) is 8.17. The van der Waals surface area contributed by atoms with E-state index in [0.29, 0.717) is 24.9 Å². The van der Waals surface area contributed by atoms with E-state index in [-0.39, 0.29) is 41.6 Å². The van der Waals surface area contributed by atoms with Crippen molar-refractivity contribution >= 4 is 51.8 Å². The van der Waals surface area contributed by atoms with Gasteiger partial charge in [0.25, 0.3) is 0 Å². The van der Waals surface area contributed by atoms with Gasteiger partial charge in [-0.15, -0.1) is 24.0 Å². The highest BCUT2D eigenvalue weighted by atomic mass is 127. The summed E-state index contributed by atoms with van der Waals surface area (Å²) in [5.74, 6) is 0.612. The molecule has 0 saturated carbocycles. The number of rotatable bonds is 5. The average Bonchev–Trinajstić information content (AvgIpc) is 2.54. The molecule has 0 spiro atoms. The van der Waals surface area contributed by atoms with Gasteiger partial charge in [-0.25, -0.2) is 4.39 Å². The van der Waals surface area contributed by atoms with E-state index in [9.17, 15) is 9.18 Å². The number of primary amides is 1. The number of carbonyl (C=O) groups is 1. The van der Waals surface area contributed by atoms with E-state index in [0.717, 1.165) is 36.4 Å². The molecule has 1 saturated heterocycles. The maximum absolute atomic E-state index is 13.8. The first-order chi connectivity index (χ1) is 11.5. The lowest BCUT2D eigenvalue weighted by atomic mass is 9.95. The average molecular weight is 527 g/mol. The Labute approximate surface area is 173 Å². The molecule has 140 valence electrons. The van der Waals surface area contributed by atoms with Gasteiger partial charge < -0.3 is 16.0 Å². The predicted molar refractivity (Wildman–Crippen MR) is 113 cm³/mol. The topological polar surface area (TPSA) is 70.7 Å². The van der Waals surface area contributed by atoms with Crippen molar-refractivity contribution < 1.29 is 9.18 Å². The van der Waals surface area contributed by atoms with E-state index in [1.165, 1.54) is 6.07 Å². The molecule has 0 aromatic heterocycles. The largest absolute Gasteiger partial charge is 0.370 e. The highest BCUT2D eigenvalue weighted by molar-refractivity contribution is 14.0. The minimum Gasteiger partial charge on any atom is -0.370 e. The summed E-state index contributed by atoms with van der Waals surface area (Å²) in [7, 11) is 1.74. The lowest BCUT2D eigenvalue weighted by molar-refractivity contribution is -0.119. The molecule has 1 aromatic rings. The van der Waals surface area contributed by atoms with Gasteiger partial charge in [0.15, 0.2) is 5.96 Å². The fourth-order valence-corrected chi connectivity index (χ4v) is 3.49. The smallest absolute Gasteiger partial charge is 0.217 e. The van der Waals surface area contributed by atoms with Gasteiger partial charge in [-0.3, -0.25) is 9.79 Å². The van der Waals surface area contributed by atoms with Crippen LogP contribution in [0.5, 0.6) is 0 Å². The zero-order valence-electron chi connectivity index (χ0n) is 14.3. The number of aliphatic imine (C=N–C) groups is 1. The third-order valence-electron chi connectivity index (χ3n) is 4.21. The number of halogens is 3. The fraction of sp³-hybridized carbons (Fsp3) is 0.529. The van der Waals surface area contributed by atoms with E-state index in [1.807, 2.05) is 0 Å². The molecule has 1 heterocycles. The molecule has 0 radical (unpaired) electrons. The summed E-state index contributed by atoms with van der Waals surface area (Å²) in [5, 5.41) is 3.29. The zero-order chi connectivity index (χ0) is 17.5. The highest BCUT2D eigenvalue weighted by Crippen LogP contribution is 2.19. The van der Waals surface area contributed by atoms with E-state index in [1.54, 1.807) is 19.2 Å². The van der Waals surface area contributed by atoms with Gasteiger partial charge in [-0.05, 0) is 48.9 Å². The van der Waals surface area contributed by atoms with E-state index in [2.05, 4.69) is 31.1 Å². The summed E-state index contributed by atoms with van der Waals surface area (Å²) >= 11 is 3.36. The van der Waals surface area contributed by atoms with Crippen LogP contribution < -0.4 is 11.1 Å². The number of hydrogen-bond acceptors (Lipinski definition) is 2. The second-order valence-electron chi connectivity index (χ2n) is 6.08. The van der Waals surface area contributed by atoms with Crippen molar-refractivity contribution in [1.29, 1.82) is 0 Å². The van der Waals surface area contributed by atoms with Crippen LogP contribution in [0.3, 0.4) is 0 Å². The quantitative estimate of drug-likeness (QED) is 0.352. The Morgan fingerprint density at radius 1 is 1.52 bits per heavy atom. The highest BCUT2D eigenvalue weighted by Gasteiger charge is 2.23. The standard InChI is InChI=1S/C17H24BrFN4O.HI/c1-21-17(23-8-2-3-12(11-23)9-16(20)24)22-7-6-13-10-14(18)4-5-15(13)19;/h4-5,10,12H,2-3,6-9,11H2,1H3,(H2,20,24)(H,21,22);1H. The maximum atomic E-state index is 13.8. The van der Waals surface area contributed by atoms with Crippen LogP contribution >= 0.6 is 39.9 Å². The van der Waals surface area contributed by atoms with Crippen LogP contribution in [0, 0.1) is 11.7 Å². The molecule has 3 N–H and O–H groups in total. The number of nitrogens with one attached hydrogen (secondary N) is 1. The van der Waals surface area contributed by atoms with Crippen LogP contribution in [-0.4, -0.2) is 43.4 Å². The molecule has 1 aromatic carbocycles. The van der Waals surface area contributed by atoms with Gasteiger partial charge in [-0.1, -0.05) is 15.9 Å². The number of piperidine rings is 1. The fourth-order valence-electron chi connectivity index (χ4n) is 3.08. The van der Waals surface area contributed by atoms with Gasteiger partial charge in [-0.2, -0.15) is 0 Å². The number of carbonyl (C=O) groups excluding carboxylic acids is 1. The van der Waals surface area contributed by atoms with Crippen LogP contribution in [0.4, 0.5) is 4.39 Å². The van der Waals surface area contributed by atoms with E-state index in [4.69, 9.17) is 5.73 Å². The number of nitrogens with two attached hydrogens (primary N) is 1. The summed E-state index contributed by atoms with van der Waals surface area (Å²) in [6.07, 6.45) is 3.01. The molecule has 0 aliphatic carbocycles. The van der Waals surface area contributed by atoms with E-state index >= 15 is 0 Å². The number of amides is 1. The maximum Gasteiger partial charge on any atom is 0.217 e. The van der Waals surface area contributed by atoms with Crippen molar-refractivity contribution in [2.75, 3.05) is 26.7 Å². The van der Waals surface area contributed by atoms with Crippen molar-refractivity contribution in [3.05, 3.63) is 34.1 Å². The molecule has 1 fully saturated rings. The number of guanidine groups is 1. The van der Waals surface area contributed by atoms with Crippen molar-refractivity contribution in [1.82, 2.24) is 10.2 Å². The third-order valence-corrected chi connectivity index (χ3v) is 4.70. The molecular formula is C17H25BrFIN4O. The Hall–Kier alpha value is -0.900. The van der Waals surface area contributed by atoms with Gasteiger partial charge >= 0.3 is 0 Å². The predicted octanol–water partition coefficient (Wildman–Crippen LogP) is 2.91. The SMILES string of the molecule is CN=C(NCCc1cc(Br)ccc1F)N1CCCC(CC(N)=O)C1.I. The molecule has 2 rings (SSSR count). The van der Waals surface area contributed by atoms with Crippen LogP contribution in [0.15, 0.2) is 27.7 Å². The van der Waals surface area contributed by atoms with Crippen LogP contribution in [-0.2, 0) is 11.2 Å². The second-order valence-corrected chi connectivity index (χ2v) is 7.00. The summed E-state index contributed by atoms with van der Waals surface area (Å²) < 4.78 is 14.6. The summed E-state index contributed by atoms with van der Waals surface area (Å²) in [6, 6.07) is 4.95. The van der Waals surface area contributed by atoms with E-state index < -0.39 is 0 Å². The lowest BCUT2D eigenvalue weighted by Crippen LogP contribution is -2.47. The molecule has 8 heteroatoms. The molecule has 1 unspecified atom stereocenters. The number of likely N-dealkylation sites (tertiary alicyclic amines) is 1. The molecule has 1 atom stereocenters. The van der Waals surface area contributed by atoms with Gasteiger partial charge in [0.1, 0.15) is 5.82 Å². The van der Waals surface area contributed by atoms with Crippen molar-refractivity contribution in [3.8, 4) is 0 Å². The Morgan fingerprint density at radius 2 is 2.28 bits per heavy atom. The summed E-state index contributed by atoms with van der Waals surface area (Å²) in [5.41, 5.74) is 5.97. The first-order valence-corrected chi connectivity index (χ1v) is 8.96. The molecule has 1 amide bonds. The normalized spacial score (nSPS) is 17.8. The Bertz CT molecular complexity index is 614. The number of hydrogen-bond donors (Lipinski definition) is 2. The minimum atomic E-state index is -0.255. The minimum absolute atomic E-state index is 0. The molecule has 5 nitrogen and oxygen atoms in total. The second kappa shape index (κ2) is 10.9. The molecule has 0 bridgehead atoms. The van der Waals surface area contributed by atoms with Gasteiger partial charge in [0, 0.05) is 37.6 Å². The van der Waals surface area contributed by atoms with Gasteiger partial charge in [0.05, 0.1) is 0 Å².